The van der Waals surface area contributed by atoms with Crippen LogP contribution in [0.2, 0.25) is 0 Å². The highest BCUT2D eigenvalue weighted by molar-refractivity contribution is 7.19. The van der Waals surface area contributed by atoms with Gasteiger partial charge in [-0.15, -0.1) is 0 Å². The molecule has 0 unspecified atom stereocenters. The van der Waals surface area contributed by atoms with E-state index >= 15 is 0 Å². The maximum absolute atomic E-state index is 12.4. The van der Waals surface area contributed by atoms with Gasteiger partial charge in [-0.05, 0) is 38.5 Å². The van der Waals surface area contributed by atoms with Crippen molar-refractivity contribution in [1.29, 1.82) is 0 Å². The Hall–Kier alpha value is -3.01. The van der Waals surface area contributed by atoms with Crippen LogP contribution in [0.5, 0.6) is 0 Å². The van der Waals surface area contributed by atoms with E-state index in [9.17, 15) is 24.8 Å². The summed E-state index contributed by atoms with van der Waals surface area (Å²) in [6, 6.07) is 5.88. The number of nitro benzene ring substituents is 1. The number of benzene rings is 1. The summed E-state index contributed by atoms with van der Waals surface area (Å²) < 4.78 is 5.20. The Kier molecular flexibility index (Phi) is 5.98. The first-order valence-corrected chi connectivity index (χ1v) is 9.54. The molecule has 0 bridgehead atoms. The smallest absolute Gasteiger partial charge is 0.426 e. The lowest BCUT2D eigenvalue weighted by Gasteiger charge is -2.23. The van der Waals surface area contributed by atoms with Crippen LogP contribution in [-0.4, -0.2) is 32.8 Å². The van der Waals surface area contributed by atoms with E-state index in [2.05, 4.69) is 4.98 Å². The average Bonchev–Trinajstić information content (AvgIpc) is 2.98. The Morgan fingerprint density at radius 3 is 2.10 bits per heavy atom. The van der Waals surface area contributed by atoms with Crippen LogP contribution in [0.1, 0.15) is 47.2 Å². The van der Waals surface area contributed by atoms with E-state index in [0.717, 1.165) is 11.3 Å². The van der Waals surface area contributed by atoms with Crippen LogP contribution in [0.3, 0.4) is 0 Å². The zero-order valence-electron chi connectivity index (χ0n) is 17.0. The number of hydrogen-bond donors (Lipinski definition) is 1. The van der Waals surface area contributed by atoms with E-state index in [1.54, 1.807) is 32.9 Å². The molecule has 29 heavy (non-hydrogen) atoms. The molecule has 1 aromatic carbocycles. The number of nitrogens with zero attached hydrogens (tertiary/aromatic N) is 3. The van der Waals surface area contributed by atoms with Crippen molar-refractivity contribution >= 4 is 34.3 Å². The maximum Gasteiger partial charge on any atom is 0.426 e. The molecule has 2 amide bonds. The quantitative estimate of drug-likeness (QED) is 0.517. The molecule has 1 aromatic heterocycles. The van der Waals surface area contributed by atoms with Gasteiger partial charge in [-0.2, -0.15) is 4.90 Å². The van der Waals surface area contributed by atoms with Gasteiger partial charge in [0.2, 0.25) is 5.13 Å². The molecule has 1 N–H and O–H groups in total. The molecule has 0 atom stereocenters. The Morgan fingerprint density at radius 2 is 1.69 bits per heavy atom. The molecule has 1 heterocycles. The largest absolute Gasteiger partial charge is 0.464 e. The standard InChI is InChI=1S/C19H23N3O6S/c1-18(2,3)14-13(11-7-9-12(10-8-11)22(26)27)29-15(20-14)21(16(23)24)17(25)28-19(4,5)6/h7-10H,1-6H3,(H,23,24). The second-order valence-corrected chi connectivity index (χ2v) is 9.30. The lowest BCUT2D eigenvalue weighted by molar-refractivity contribution is -0.384. The van der Waals surface area contributed by atoms with Crippen LogP contribution in [0, 0.1) is 10.1 Å². The fourth-order valence-electron chi connectivity index (χ4n) is 2.39. The highest BCUT2D eigenvalue weighted by atomic mass is 32.1. The zero-order chi connectivity index (χ0) is 22.1. The Balaban J connectivity index is 2.58. The number of aromatic nitrogens is 1. The van der Waals surface area contributed by atoms with Crippen LogP contribution >= 0.6 is 11.3 Å². The van der Waals surface area contributed by atoms with Gasteiger partial charge in [0.15, 0.2) is 0 Å². The van der Waals surface area contributed by atoms with Gasteiger partial charge in [0.25, 0.3) is 5.69 Å². The molecule has 0 radical (unpaired) electrons. The third-order valence-electron chi connectivity index (χ3n) is 3.63. The Morgan fingerprint density at radius 1 is 1.14 bits per heavy atom. The fourth-order valence-corrected chi connectivity index (χ4v) is 3.65. The van der Waals surface area contributed by atoms with Crippen LogP contribution in [0.25, 0.3) is 10.4 Å². The second kappa shape index (κ2) is 7.78. The number of nitro groups is 1. The summed E-state index contributed by atoms with van der Waals surface area (Å²) in [5, 5.41) is 20.4. The minimum absolute atomic E-state index is 0.0509. The van der Waals surface area contributed by atoms with Gasteiger partial charge < -0.3 is 9.84 Å². The number of imide groups is 1. The van der Waals surface area contributed by atoms with E-state index in [1.807, 2.05) is 20.8 Å². The molecule has 0 saturated heterocycles. The first-order valence-electron chi connectivity index (χ1n) is 8.73. The third kappa shape index (κ3) is 5.29. The Labute approximate surface area is 172 Å². The van der Waals surface area contributed by atoms with Crippen molar-refractivity contribution in [1.82, 2.24) is 4.98 Å². The van der Waals surface area contributed by atoms with Gasteiger partial charge >= 0.3 is 12.2 Å². The van der Waals surface area contributed by atoms with Crippen LogP contribution in [0.4, 0.5) is 20.4 Å². The highest BCUT2D eigenvalue weighted by Gasteiger charge is 2.34. The molecule has 0 aliphatic rings. The molecule has 2 rings (SSSR count). The van der Waals surface area contributed by atoms with Crippen molar-refractivity contribution in [3.05, 3.63) is 40.1 Å². The number of thiazole rings is 1. The first-order chi connectivity index (χ1) is 13.2. The number of hydrogen-bond acceptors (Lipinski definition) is 7. The van der Waals surface area contributed by atoms with Gasteiger partial charge in [-0.1, -0.05) is 32.1 Å². The molecule has 9 nitrogen and oxygen atoms in total. The summed E-state index contributed by atoms with van der Waals surface area (Å²) in [7, 11) is 0. The van der Waals surface area contributed by atoms with Crippen molar-refractivity contribution in [3.8, 4) is 10.4 Å². The predicted octanol–water partition coefficient (Wildman–Crippen LogP) is 5.44. The number of ether oxygens (including phenoxy) is 1. The van der Waals surface area contributed by atoms with Gasteiger partial charge in [0.1, 0.15) is 5.60 Å². The normalized spacial score (nSPS) is 11.8. The van der Waals surface area contributed by atoms with Crippen LogP contribution in [-0.2, 0) is 10.2 Å². The molecule has 10 heteroatoms. The molecule has 0 fully saturated rings. The molecule has 0 aliphatic carbocycles. The van der Waals surface area contributed by atoms with E-state index in [1.165, 1.54) is 12.1 Å². The number of carbonyl (C=O) groups is 2. The molecule has 156 valence electrons. The van der Waals surface area contributed by atoms with E-state index in [0.29, 0.717) is 21.0 Å². The summed E-state index contributed by atoms with van der Waals surface area (Å²) in [4.78, 5) is 40.1. The van der Waals surface area contributed by atoms with Gasteiger partial charge in [0.05, 0.1) is 15.5 Å². The van der Waals surface area contributed by atoms with E-state index in [-0.39, 0.29) is 10.8 Å². The van der Waals surface area contributed by atoms with Crippen molar-refractivity contribution in [2.24, 2.45) is 0 Å². The third-order valence-corrected chi connectivity index (χ3v) is 4.71. The van der Waals surface area contributed by atoms with Crippen molar-refractivity contribution in [3.63, 3.8) is 0 Å². The van der Waals surface area contributed by atoms with Crippen molar-refractivity contribution in [2.75, 3.05) is 4.90 Å². The number of non-ortho nitro benzene ring substituents is 1. The summed E-state index contributed by atoms with van der Waals surface area (Å²) >= 11 is 1.01. The second-order valence-electron chi connectivity index (χ2n) is 8.33. The Bertz CT molecular complexity index is 938. The summed E-state index contributed by atoms with van der Waals surface area (Å²) in [6.45, 7) is 10.6. The van der Waals surface area contributed by atoms with Crippen molar-refractivity contribution in [2.45, 2.75) is 52.6 Å². The van der Waals surface area contributed by atoms with Crippen molar-refractivity contribution < 1.29 is 24.4 Å². The number of anilines is 1. The first kappa shape index (κ1) is 22.3. The lowest BCUT2D eigenvalue weighted by atomic mass is 9.90. The van der Waals surface area contributed by atoms with Gasteiger partial charge in [-0.25, -0.2) is 14.6 Å². The lowest BCUT2D eigenvalue weighted by Crippen LogP contribution is -2.40. The average molecular weight is 421 g/mol. The molecular formula is C19H23N3O6S. The summed E-state index contributed by atoms with van der Waals surface area (Å²) in [5.41, 5.74) is -0.197. The maximum atomic E-state index is 12.4. The minimum atomic E-state index is -1.51. The molecule has 0 aliphatic heterocycles. The number of carbonyl (C=O) groups excluding carboxylic acids is 1. The van der Waals surface area contributed by atoms with E-state index < -0.39 is 28.1 Å². The van der Waals surface area contributed by atoms with E-state index in [4.69, 9.17) is 4.74 Å². The number of amides is 2. The number of carboxylic acid groups (broad SMARTS) is 1. The van der Waals surface area contributed by atoms with Gasteiger partial charge in [0, 0.05) is 17.5 Å². The minimum Gasteiger partial charge on any atom is -0.464 e. The van der Waals surface area contributed by atoms with Crippen LogP contribution < -0.4 is 4.90 Å². The molecule has 2 aromatic rings. The van der Waals surface area contributed by atoms with Gasteiger partial charge in [-0.3, -0.25) is 10.1 Å². The number of rotatable bonds is 3. The topological polar surface area (TPSA) is 123 Å². The zero-order valence-corrected chi connectivity index (χ0v) is 17.9. The fraction of sp³-hybridized carbons (Fsp3) is 0.421. The summed E-state index contributed by atoms with van der Waals surface area (Å²) in [6.07, 6.45) is -2.56. The van der Waals surface area contributed by atoms with Crippen LogP contribution in [0.15, 0.2) is 24.3 Å². The predicted molar refractivity (Wildman–Crippen MR) is 110 cm³/mol. The molecule has 0 spiro atoms. The SMILES string of the molecule is CC(C)(C)OC(=O)N(C(=O)O)c1nc(C(C)(C)C)c(-c2ccc([N+](=O)[O-])cc2)s1. The highest BCUT2D eigenvalue weighted by Crippen LogP contribution is 2.41. The summed E-state index contributed by atoms with van der Waals surface area (Å²) in [5.74, 6) is 0. The monoisotopic (exact) mass is 421 g/mol. The molecule has 0 saturated carbocycles. The molecular weight excluding hydrogens is 398 g/mol.